The van der Waals surface area contributed by atoms with E-state index >= 15 is 0 Å². The Kier molecular flexibility index (Phi) is 7.66. The predicted molar refractivity (Wildman–Crippen MR) is 152 cm³/mol. The molecule has 0 bridgehead atoms. The summed E-state index contributed by atoms with van der Waals surface area (Å²) in [5.41, 5.74) is 4.42. The van der Waals surface area contributed by atoms with Crippen LogP contribution in [-0.2, 0) is 21.5 Å². The number of morpholine rings is 1. The van der Waals surface area contributed by atoms with Gasteiger partial charge in [-0.15, -0.1) is 11.3 Å². The highest BCUT2D eigenvalue weighted by molar-refractivity contribution is 7.14. The lowest BCUT2D eigenvalue weighted by atomic mass is 9.78. The Bertz CT molecular complexity index is 1420. The smallest absolute Gasteiger partial charge is 0.251 e. The molecule has 3 aromatic rings. The third-order valence-electron chi connectivity index (χ3n) is 7.09. The lowest BCUT2D eigenvalue weighted by molar-refractivity contribution is -0.115. The molecule has 1 unspecified atom stereocenters. The molecule has 3 N–H and O–H groups in total. The van der Waals surface area contributed by atoms with Crippen LogP contribution in [0.4, 0.5) is 10.8 Å². The van der Waals surface area contributed by atoms with E-state index in [1.54, 1.807) is 12.1 Å². The number of hydrogen-bond donors (Lipinski definition) is 3. The standard InChI is InChI=1S/C29H32N6O3S/c1-18-13-35(14-19(2)38-18)23-6-4-5-20(9-23)25-15-39-28(33-25)34-26(36)12-32-27(37)21-7-8-22-11-31-17-29(3,16-30)24(22)10-21/h4-10,15,18-19,31H,11-14,17H2,1-3H3,(H,32,37)(H,33,34,36)/t18-,19+,29?. The summed E-state index contributed by atoms with van der Waals surface area (Å²) >= 11 is 1.34. The summed E-state index contributed by atoms with van der Waals surface area (Å²) in [6, 6.07) is 15.9. The topological polar surface area (TPSA) is 119 Å². The number of ether oxygens (including phenoxy) is 1. The predicted octanol–water partition coefficient (Wildman–Crippen LogP) is 3.68. The van der Waals surface area contributed by atoms with Gasteiger partial charge in [0.15, 0.2) is 5.13 Å². The molecule has 2 aliphatic heterocycles. The van der Waals surface area contributed by atoms with Crippen LogP contribution in [0, 0.1) is 11.3 Å². The molecule has 39 heavy (non-hydrogen) atoms. The molecule has 3 heterocycles. The Morgan fingerprint density at radius 2 is 2.03 bits per heavy atom. The number of anilines is 2. The maximum atomic E-state index is 12.8. The van der Waals surface area contributed by atoms with Crippen molar-refractivity contribution in [1.29, 1.82) is 5.26 Å². The number of benzene rings is 2. The highest BCUT2D eigenvalue weighted by atomic mass is 32.1. The van der Waals surface area contributed by atoms with E-state index in [4.69, 9.17) is 4.74 Å². The van der Waals surface area contributed by atoms with Gasteiger partial charge in [-0.2, -0.15) is 5.26 Å². The first-order valence-electron chi connectivity index (χ1n) is 13.0. The number of nitrogens with one attached hydrogen (secondary N) is 3. The van der Waals surface area contributed by atoms with Crippen LogP contribution in [0.25, 0.3) is 11.3 Å². The summed E-state index contributed by atoms with van der Waals surface area (Å²) < 4.78 is 5.86. The Morgan fingerprint density at radius 1 is 1.23 bits per heavy atom. The second-order valence-electron chi connectivity index (χ2n) is 10.4. The number of carbonyl (C=O) groups excluding carboxylic acids is 2. The van der Waals surface area contributed by atoms with Crippen molar-refractivity contribution in [2.75, 3.05) is 36.4 Å². The first kappa shape index (κ1) is 26.8. The van der Waals surface area contributed by atoms with E-state index in [0.29, 0.717) is 23.8 Å². The third kappa shape index (κ3) is 5.96. The molecule has 1 saturated heterocycles. The highest BCUT2D eigenvalue weighted by Crippen LogP contribution is 2.31. The Labute approximate surface area is 232 Å². The minimum absolute atomic E-state index is 0.168. The molecule has 0 saturated carbocycles. The van der Waals surface area contributed by atoms with Crippen molar-refractivity contribution < 1.29 is 14.3 Å². The summed E-state index contributed by atoms with van der Waals surface area (Å²) in [5, 5.41) is 20.7. The average molecular weight is 545 g/mol. The van der Waals surface area contributed by atoms with Gasteiger partial charge >= 0.3 is 0 Å². The van der Waals surface area contributed by atoms with E-state index < -0.39 is 5.41 Å². The van der Waals surface area contributed by atoms with Crippen LogP contribution in [-0.4, -0.2) is 55.2 Å². The van der Waals surface area contributed by atoms with Crippen molar-refractivity contribution in [3.8, 4) is 17.3 Å². The molecule has 0 spiro atoms. The molecule has 2 aromatic carbocycles. The number of rotatable bonds is 6. The van der Waals surface area contributed by atoms with Crippen LogP contribution < -0.4 is 20.9 Å². The summed E-state index contributed by atoms with van der Waals surface area (Å²) in [5.74, 6) is -0.728. The molecule has 202 valence electrons. The Balaban J connectivity index is 1.19. The normalized spacial score (nSPS) is 22.5. The van der Waals surface area contributed by atoms with E-state index in [0.717, 1.165) is 41.2 Å². The zero-order valence-corrected chi connectivity index (χ0v) is 23.1. The number of thiazole rings is 1. The van der Waals surface area contributed by atoms with Gasteiger partial charge in [-0.3, -0.25) is 9.59 Å². The largest absolute Gasteiger partial charge is 0.372 e. The van der Waals surface area contributed by atoms with Crippen LogP contribution >= 0.6 is 11.3 Å². The van der Waals surface area contributed by atoms with Gasteiger partial charge in [-0.05, 0) is 56.2 Å². The first-order valence-corrected chi connectivity index (χ1v) is 13.9. The van der Waals surface area contributed by atoms with E-state index in [2.05, 4.69) is 57.9 Å². The second kappa shape index (κ2) is 11.1. The molecule has 2 amide bonds. The number of fused-ring (bicyclic) bond motifs is 1. The molecule has 3 atom stereocenters. The van der Waals surface area contributed by atoms with Crippen molar-refractivity contribution >= 4 is 34.0 Å². The first-order chi connectivity index (χ1) is 18.7. The maximum Gasteiger partial charge on any atom is 0.251 e. The SMILES string of the molecule is C[C@@H]1CN(c2cccc(-c3csc(NC(=O)CNC(=O)c4ccc5c(c4)C(C)(C#N)CNC5)n3)c2)C[C@H](C)O1. The number of hydrogen-bond acceptors (Lipinski definition) is 8. The van der Waals surface area contributed by atoms with Gasteiger partial charge < -0.3 is 25.6 Å². The van der Waals surface area contributed by atoms with Crippen molar-refractivity contribution in [3.63, 3.8) is 0 Å². The Morgan fingerprint density at radius 3 is 2.79 bits per heavy atom. The van der Waals surface area contributed by atoms with Crippen LogP contribution in [0.5, 0.6) is 0 Å². The lowest BCUT2D eigenvalue weighted by Crippen LogP contribution is -2.45. The van der Waals surface area contributed by atoms with Gasteiger partial charge in [0.2, 0.25) is 5.91 Å². The fraction of sp³-hybridized carbons (Fsp3) is 0.379. The monoisotopic (exact) mass is 544 g/mol. The van der Waals surface area contributed by atoms with Crippen molar-refractivity contribution in [1.82, 2.24) is 15.6 Å². The van der Waals surface area contributed by atoms with E-state index in [-0.39, 0.29) is 30.6 Å². The zero-order chi connectivity index (χ0) is 27.6. The molecule has 0 aliphatic carbocycles. The van der Waals surface area contributed by atoms with E-state index in [9.17, 15) is 14.9 Å². The van der Waals surface area contributed by atoms with Gasteiger partial charge in [0.1, 0.15) is 0 Å². The molecular weight excluding hydrogens is 512 g/mol. The Hall–Kier alpha value is -3.78. The molecule has 0 radical (unpaired) electrons. The quantitative estimate of drug-likeness (QED) is 0.433. The summed E-state index contributed by atoms with van der Waals surface area (Å²) in [6.07, 6.45) is 0.336. The number of nitriles is 1. The maximum absolute atomic E-state index is 12.8. The van der Waals surface area contributed by atoms with Crippen LogP contribution in [0.1, 0.15) is 42.3 Å². The molecule has 9 nitrogen and oxygen atoms in total. The van der Waals surface area contributed by atoms with Gasteiger partial charge in [0.25, 0.3) is 5.91 Å². The van der Waals surface area contributed by atoms with Crippen molar-refractivity contribution in [2.24, 2.45) is 0 Å². The van der Waals surface area contributed by atoms with Gasteiger partial charge in [-0.1, -0.05) is 18.2 Å². The van der Waals surface area contributed by atoms with Crippen molar-refractivity contribution in [3.05, 3.63) is 64.5 Å². The molecule has 2 aliphatic rings. The molecule has 1 aromatic heterocycles. The summed E-state index contributed by atoms with van der Waals surface area (Å²) in [4.78, 5) is 32.2. The van der Waals surface area contributed by atoms with E-state index in [1.807, 2.05) is 30.5 Å². The van der Waals surface area contributed by atoms with Crippen molar-refractivity contribution in [2.45, 2.75) is 44.9 Å². The lowest BCUT2D eigenvalue weighted by Gasteiger charge is -2.37. The number of carbonyl (C=O) groups is 2. The second-order valence-corrected chi connectivity index (χ2v) is 11.3. The van der Waals surface area contributed by atoms with E-state index in [1.165, 1.54) is 11.3 Å². The molecular formula is C29H32N6O3S. The minimum atomic E-state index is -0.706. The van der Waals surface area contributed by atoms with Crippen LogP contribution in [0.2, 0.25) is 0 Å². The number of nitrogens with zero attached hydrogens (tertiary/aromatic N) is 3. The van der Waals surface area contributed by atoms with Gasteiger partial charge in [-0.25, -0.2) is 4.98 Å². The molecule has 10 heteroatoms. The highest BCUT2D eigenvalue weighted by Gasteiger charge is 2.32. The summed E-state index contributed by atoms with van der Waals surface area (Å²) in [6.45, 7) is 8.67. The van der Waals surface area contributed by atoms with Gasteiger partial charge in [0, 0.05) is 48.4 Å². The number of amides is 2. The third-order valence-corrected chi connectivity index (χ3v) is 7.85. The zero-order valence-electron chi connectivity index (χ0n) is 22.3. The van der Waals surface area contributed by atoms with Crippen LogP contribution in [0.3, 0.4) is 0 Å². The molecule has 5 rings (SSSR count). The summed E-state index contributed by atoms with van der Waals surface area (Å²) in [7, 11) is 0. The van der Waals surface area contributed by atoms with Crippen LogP contribution in [0.15, 0.2) is 47.8 Å². The molecule has 1 fully saturated rings. The fourth-order valence-electron chi connectivity index (χ4n) is 5.17. The fourth-order valence-corrected chi connectivity index (χ4v) is 5.90. The van der Waals surface area contributed by atoms with Gasteiger partial charge in [0.05, 0.1) is 35.9 Å². The average Bonchev–Trinajstić information content (AvgIpc) is 3.40. The minimum Gasteiger partial charge on any atom is -0.372 e. The number of aromatic nitrogens is 1.